The Morgan fingerprint density at radius 1 is 1.31 bits per heavy atom. The molecule has 0 atom stereocenters. The number of aromatic nitrogens is 1. The summed E-state index contributed by atoms with van der Waals surface area (Å²) in [6, 6.07) is 9.07. The van der Waals surface area contributed by atoms with E-state index in [0.717, 1.165) is 22.6 Å². The largest absolute Gasteiger partial charge is 0.310 e. The lowest BCUT2D eigenvalue weighted by Gasteiger charge is -2.07. The van der Waals surface area contributed by atoms with Gasteiger partial charge < -0.3 is 5.32 Å². The molecule has 1 fully saturated rings. The third-order valence-electron chi connectivity index (χ3n) is 2.96. The number of hydrogen-bond donors (Lipinski definition) is 1. The van der Waals surface area contributed by atoms with Crippen LogP contribution in [-0.2, 0) is 6.54 Å². The summed E-state index contributed by atoms with van der Waals surface area (Å²) < 4.78 is 1.12. The van der Waals surface area contributed by atoms with Crippen molar-refractivity contribution in [1.29, 1.82) is 0 Å². The fourth-order valence-corrected chi connectivity index (χ4v) is 2.33. The van der Waals surface area contributed by atoms with Crippen LogP contribution >= 0.6 is 15.9 Å². The smallest absolute Gasteiger partial charge is 0.0758 e. The van der Waals surface area contributed by atoms with Gasteiger partial charge in [0.15, 0.2) is 0 Å². The number of nitrogens with zero attached hydrogens (tertiary/aromatic N) is 1. The van der Waals surface area contributed by atoms with Gasteiger partial charge in [-0.15, -0.1) is 0 Å². The first kappa shape index (κ1) is 10.2. The summed E-state index contributed by atoms with van der Waals surface area (Å²) in [7, 11) is 0. The minimum atomic E-state index is 0.738. The molecule has 3 heteroatoms. The van der Waals surface area contributed by atoms with E-state index in [2.05, 4.69) is 44.4 Å². The molecule has 1 aliphatic rings. The van der Waals surface area contributed by atoms with E-state index < -0.39 is 0 Å². The van der Waals surface area contributed by atoms with Crippen molar-refractivity contribution < 1.29 is 0 Å². The molecular formula is C13H13BrN2. The molecule has 16 heavy (non-hydrogen) atoms. The van der Waals surface area contributed by atoms with Gasteiger partial charge in [-0.25, -0.2) is 0 Å². The summed E-state index contributed by atoms with van der Waals surface area (Å²) in [6.07, 6.45) is 4.50. The van der Waals surface area contributed by atoms with Gasteiger partial charge in [-0.2, -0.15) is 0 Å². The maximum atomic E-state index is 4.47. The zero-order valence-corrected chi connectivity index (χ0v) is 10.5. The third-order valence-corrected chi connectivity index (χ3v) is 3.65. The zero-order valence-electron chi connectivity index (χ0n) is 8.91. The van der Waals surface area contributed by atoms with Gasteiger partial charge in [-0.1, -0.05) is 28.1 Å². The van der Waals surface area contributed by atoms with Crippen LogP contribution in [0.4, 0.5) is 0 Å². The highest BCUT2D eigenvalue weighted by molar-refractivity contribution is 9.10. The normalized spacial score (nSPS) is 15.6. The van der Waals surface area contributed by atoms with Crippen molar-refractivity contribution in [3.05, 3.63) is 40.5 Å². The van der Waals surface area contributed by atoms with Gasteiger partial charge in [0, 0.05) is 28.6 Å². The van der Waals surface area contributed by atoms with Gasteiger partial charge in [0.05, 0.1) is 5.52 Å². The Hall–Kier alpha value is -0.930. The summed E-state index contributed by atoms with van der Waals surface area (Å²) in [5.74, 6) is 0. The number of halogens is 1. The van der Waals surface area contributed by atoms with Crippen molar-refractivity contribution in [1.82, 2.24) is 10.3 Å². The lowest BCUT2D eigenvalue weighted by molar-refractivity contribution is 0.690. The first-order valence-corrected chi connectivity index (χ1v) is 6.39. The van der Waals surface area contributed by atoms with Crippen LogP contribution in [0.2, 0.25) is 0 Å². The molecule has 1 heterocycles. The van der Waals surface area contributed by atoms with Crippen LogP contribution in [0.5, 0.6) is 0 Å². The fourth-order valence-electron chi connectivity index (χ4n) is 1.88. The van der Waals surface area contributed by atoms with Gasteiger partial charge in [-0.05, 0) is 30.5 Å². The van der Waals surface area contributed by atoms with E-state index in [1.807, 2.05) is 12.3 Å². The lowest BCUT2D eigenvalue weighted by Crippen LogP contribution is -2.15. The third kappa shape index (κ3) is 1.97. The molecule has 0 aliphatic heterocycles. The van der Waals surface area contributed by atoms with Gasteiger partial charge in [0.25, 0.3) is 0 Å². The van der Waals surface area contributed by atoms with E-state index in [1.54, 1.807) is 0 Å². The summed E-state index contributed by atoms with van der Waals surface area (Å²) in [5, 5.41) is 4.72. The predicted octanol–water partition coefficient (Wildman–Crippen LogP) is 3.25. The highest BCUT2D eigenvalue weighted by Crippen LogP contribution is 2.26. The second-order valence-electron chi connectivity index (χ2n) is 4.26. The van der Waals surface area contributed by atoms with E-state index in [4.69, 9.17) is 0 Å². The Kier molecular flexibility index (Phi) is 2.65. The average molecular weight is 277 g/mol. The second-order valence-corrected chi connectivity index (χ2v) is 5.12. The molecule has 2 nitrogen and oxygen atoms in total. The monoisotopic (exact) mass is 276 g/mol. The van der Waals surface area contributed by atoms with E-state index in [1.165, 1.54) is 23.8 Å². The number of rotatable bonds is 3. The fraction of sp³-hybridized carbons (Fsp3) is 0.308. The second kappa shape index (κ2) is 4.15. The van der Waals surface area contributed by atoms with Crippen molar-refractivity contribution >= 4 is 26.8 Å². The van der Waals surface area contributed by atoms with Crippen LogP contribution in [0.15, 0.2) is 34.9 Å². The standard InChI is InChI=1S/C13H13BrN2/c14-12-6-3-9(8-16-10-4-5-10)13-11(12)2-1-7-15-13/h1-3,6-7,10,16H,4-5,8H2. The van der Waals surface area contributed by atoms with Crippen molar-refractivity contribution in [3.63, 3.8) is 0 Å². The summed E-state index contributed by atoms with van der Waals surface area (Å²) in [4.78, 5) is 4.47. The minimum Gasteiger partial charge on any atom is -0.310 e. The molecule has 3 rings (SSSR count). The molecule has 1 aliphatic carbocycles. The van der Waals surface area contributed by atoms with Crippen molar-refractivity contribution in [2.75, 3.05) is 0 Å². The molecule has 1 N–H and O–H groups in total. The quantitative estimate of drug-likeness (QED) is 0.931. The first-order chi connectivity index (χ1) is 7.84. The van der Waals surface area contributed by atoms with Crippen LogP contribution in [-0.4, -0.2) is 11.0 Å². The van der Waals surface area contributed by atoms with Crippen LogP contribution in [0.25, 0.3) is 10.9 Å². The maximum Gasteiger partial charge on any atom is 0.0758 e. The van der Waals surface area contributed by atoms with Crippen molar-refractivity contribution in [2.45, 2.75) is 25.4 Å². The highest BCUT2D eigenvalue weighted by atomic mass is 79.9. The number of fused-ring (bicyclic) bond motifs is 1. The van der Waals surface area contributed by atoms with Crippen molar-refractivity contribution in [2.24, 2.45) is 0 Å². The summed E-state index contributed by atoms with van der Waals surface area (Å²) in [5.41, 5.74) is 2.38. The highest BCUT2D eigenvalue weighted by Gasteiger charge is 2.20. The molecule has 1 aromatic carbocycles. The molecule has 0 unspecified atom stereocenters. The van der Waals surface area contributed by atoms with Gasteiger partial charge in [-0.3, -0.25) is 4.98 Å². The van der Waals surface area contributed by atoms with E-state index in [9.17, 15) is 0 Å². The molecule has 0 spiro atoms. The van der Waals surface area contributed by atoms with Crippen LogP contribution < -0.4 is 5.32 Å². The van der Waals surface area contributed by atoms with Gasteiger partial charge in [0.2, 0.25) is 0 Å². The molecule has 0 saturated heterocycles. The Morgan fingerprint density at radius 3 is 3.00 bits per heavy atom. The van der Waals surface area contributed by atoms with Gasteiger partial charge >= 0.3 is 0 Å². The topological polar surface area (TPSA) is 24.9 Å². The lowest BCUT2D eigenvalue weighted by atomic mass is 10.1. The zero-order chi connectivity index (χ0) is 11.0. The maximum absolute atomic E-state index is 4.47. The average Bonchev–Trinajstić information content (AvgIpc) is 3.13. The molecule has 1 aromatic heterocycles. The number of hydrogen-bond acceptors (Lipinski definition) is 2. The Bertz CT molecular complexity index is 520. The van der Waals surface area contributed by atoms with E-state index in [-0.39, 0.29) is 0 Å². The Labute approximate surface area is 103 Å². The Morgan fingerprint density at radius 2 is 2.19 bits per heavy atom. The molecule has 0 radical (unpaired) electrons. The molecule has 2 aromatic rings. The van der Waals surface area contributed by atoms with E-state index in [0.29, 0.717) is 0 Å². The summed E-state index contributed by atoms with van der Waals surface area (Å²) in [6.45, 7) is 0.922. The number of pyridine rings is 1. The van der Waals surface area contributed by atoms with Gasteiger partial charge in [0.1, 0.15) is 0 Å². The molecular weight excluding hydrogens is 264 g/mol. The molecule has 1 saturated carbocycles. The predicted molar refractivity (Wildman–Crippen MR) is 69.3 cm³/mol. The van der Waals surface area contributed by atoms with Crippen LogP contribution in [0, 0.1) is 0 Å². The minimum absolute atomic E-state index is 0.738. The summed E-state index contributed by atoms with van der Waals surface area (Å²) >= 11 is 3.56. The first-order valence-electron chi connectivity index (χ1n) is 5.60. The van der Waals surface area contributed by atoms with Crippen LogP contribution in [0.3, 0.4) is 0 Å². The molecule has 82 valence electrons. The van der Waals surface area contributed by atoms with E-state index >= 15 is 0 Å². The Balaban J connectivity index is 1.99. The van der Waals surface area contributed by atoms with Crippen LogP contribution in [0.1, 0.15) is 18.4 Å². The molecule has 0 bridgehead atoms. The number of benzene rings is 1. The SMILES string of the molecule is Brc1ccc(CNC2CC2)c2ncccc12. The van der Waals surface area contributed by atoms with Crippen molar-refractivity contribution in [3.8, 4) is 0 Å². The number of nitrogens with one attached hydrogen (secondary N) is 1. The molecule has 0 amide bonds.